The van der Waals surface area contributed by atoms with Crippen molar-refractivity contribution >= 4 is 0 Å². The first-order valence-corrected chi connectivity index (χ1v) is 4.04. The maximum absolute atomic E-state index is 9.47. The summed E-state index contributed by atoms with van der Waals surface area (Å²) in [5.41, 5.74) is 7.10. The fourth-order valence-electron chi connectivity index (χ4n) is 0.982. The SMILES string of the molecule is Cc1ccc([C@@H](O)CCN)nc1. The van der Waals surface area contributed by atoms with Crippen LogP contribution in [-0.4, -0.2) is 16.6 Å². The van der Waals surface area contributed by atoms with E-state index in [-0.39, 0.29) is 0 Å². The van der Waals surface area contributed by atoms with E-state index in [1.165, 1.54) is 0 Å². The van der Waals surface area contributed by atoms with Crippen LogP contribution in [0.5, 0.6) is 0 Å². The van der Waals surface area contributed by atoms with Gasteiger partial charge in [-0.15, -0.1) is 0 Å². The Morgan fingerprint density at radius 2 is 2.33 bits per heavy atom. The third-order valence-electron chi connectivity index (χ3n) is 1.72. The summed E-state index contributed by atoms with van der Waals surface area (Å²) in [6, 6.07) is 3.76. The summed E-state index contributed by atoms with van der Waals surface area (Å²) < 4.78 is 0. The molecule has 1 aromatic heterocycles. The first-order chi connectivity index (χ1) is 5.74. The summed E-state index contributed by atoms with van der Waals surface area (Å²) in [4.78, 5) is 4.09. The van der Waals surface area contributed by atoms with Crippen LogP contribution in [0, 0.1) is 6.92 Å². The molecule has 0 unspecified atom stereocenters. The highest BCUT2D eigenvalue weighted by atomic mass is 16.3. The lowest BCUT2D eigenvalue weighted by Gasteiger charge is -2.07. The van der Waals surface area contributed by atoms with E-state index in [2.05, 4.69) is 4.98 Å². The summed E-state index contributed by atoms with van der Waals surface area (Å²) in [6.07, 6.45) is 1.79. The van der Waals surface area contributed by atoms with Gasteiger partial charge in [0.05, 0.1) is 11.8 Å². The van der Waals surface area contributed by atoms with Crippen molar-refractivity contribution in [3.63, 3.8) is 0 Å². The number of hydrogen-bond acceptors (Lipinski definition) is 3. The van der Waals surface area contributed by atoms with Gasteiger partial charge in [-0.25, -0.2) is 0 Å². The minimum atomic E-state index is -0.518. The van der Waals surface area contributed by atoms with Gasteiger partial charge in [-0.2, -0.15) is 0 Å². The van der Waals surface area contributed by atoms with Crippen molar-refractivity contribution < 1.29 is 5.11 Å². The smallest absolute Gasteiger partial charge is 0.0971 e. The van der Waals surface area contributed by atoms with E-state index in [0.29, 0.717) is 18.7 Å². The summed E-state index contributed by atoms with van der Waals surface area (Å²) >= 11 is 0. The van der Waals surface area contributed by atoms with Gasteiger partial charge in [-0.3, -0.25) is 4.98 Å². The van der Waals surface area contributed by atoms with Crippen LogP contribution < -0.4 is 5.73 Å². The highest BCUT2D eigenvalue weighted by Crippen LogP contribution is 2.12. The fourth-order valence-corrected chi connectivity index (χ4v) is 0.982. The van der Waals surface area contributed by atoms with Gasteiger partial charge in [0.15, 0.2) is 0 Å². The molecule has 1 heterocycles. The Kier molecular flexibility index (Phi) is 3.19. The Hall–Kier alpha value is -0.930. The van der Waals surface area contributed by atoms with Crippen LogP contribution in [-0.2, 0) is 0 Å². The predicted octanol–water partition coefficient (Wildman–Crippen LogP) is 0.772. The van der Waals surface area contributed by atoms with Crippen molar-refractivity contribution in [2.45, 2.75) is 19.4 Å². The van der Waals surface area contributed by atoms with Crippen LogP contribution in [0.4, 0.5) is 0 Å². The first kappa shape index (κ1) is 9.16. The quantitative estimate of drug-likeness (QED) is 0.697. The molecular weight excluding hydrogens is 152 g/mol. The van der Waals surface area contributed by atoms with Crippen LogP contribution in [0.25, 0.3) is 0 Å². The molecule has 3 nitrogen and oxygen atoms in total. The number of aliphatic hydroxyl groups excluding tert-OH is 1. The summed E-state index contributed by atoms with van der Waals surface area (Å²) in [6.45, 7) is 2.45. The molecule has 0 amide bonds. The van der Waals surface area contributed by atoms with Crippen molar-refractivity contribution in [3.8, 4) is 0 Å². The predicted molar refractivity (Wildman–Crippen MR) is 47.6 cm³/mol. The third-order valence-corrected chi connectivity index (χ3v) is 1.72. The minimum absolute atomic E-state index is 0.483. The van der Waals surface area contributed by atoms with Gasteiger partial charge in [-0.05, 0) is 31.5 Å². The molecule has 0 aromatic carbocycles. The Labute approximate surface area is 72.2 Å². The van der Waals surface area contributed by atoms with Crippen LogP contribution in [0.1, 0.15) is 23.8 Å². The zero-order chi connectivity index (χ0) is 8.97. The van der Waals surface area contributed by atoms with E-state index in [4.69, 9.17) is 5.73 Å². The van der Waals surface area contributed by atoms with Gasteiger partial charge in [0.2, 0.25) is 0 Å². The highest BCUT2D eigenvalue weighted by molar-refractivity contribution is 5.13. The molecule has 0 saturated heterocycles. The van der Waals surface area contributed by atoms with E-state index in [0.717, 1.165) is 5.56 Å². The zero-order valence-corrected chi connectivity index (χ0v) is 7.20. The fraction of sp³-hybridized carbons (Fsp3) is 0.444. The van der Waals surface area contributed by atoms with Crippen molar-refractivity contribution in [2.24, 2.45) is 5.73 Å². The highest BCUT2D eigenvalue weighted by Gasteiger charge is 2.06. The topological polar surface area (TPSA) is 59.1 Å². The van der Waals surface area contributed by atoms with Crippen molar-refractivity contribution in [1.29, 1.82) is 0 Å². The van der Waals surface area contributed by atoms with Gasteiger partial charge in [0.1, 0.15) is 0 Å². The second-order valence-electron chi connectivity index (χ2n) is 2.85. The van der Waals surface area contributed by atoms with E-state index >= 15 is 0 Å². The van der Waals surface area contributed by atoms with Crippen LogP contribution in [0.15, 0.2) is 18.3 Å². The van der Waals surface area contributed by atoms with Gasteiger partial charge < -0.3 is 10.8 Å². The van der Waals surface area contributed by atoms with Crippen molar-refractivity contribution in [1.82, 2.24) is 4.98 Å². The number of aryl methyl sites for hydroxylation is 1. The van der Waals surface area contributed by atoms with Crippen LogP contribution >= 0.6 is 0 Å². The van der Waals surface area contributed by atoms with Gasteiger partial charge >= 0.3 is 0 Å². The lowest BCUT2D eigenvalue weighted by atomic mass is 10.1. The third kappa shape index (κ3) is 2.29. The number of nitrogens with two attached hydrogens (primary N) is 1. The average molecular weight is 166 g/mol. The van der Waals surface area contributed by atoms with Gasteiger partial charge in [-0.1, -0.05) is 6.07 Å². The number of aromatic nitrogens is 1. The molecule has 3 heteroatoms. The maximum atomic E-state index is 9.47. The molecule has 3 N–H and O–H groups in total. The molecule has 0 aliphatic rings. The molecule has 0 fully saturated rings. The Morgan fingerprint density at radius 1 is 1.58 bits per heavy atom. The molecule has 66 valence electrons. The van der Waals surface area contributed by atoms with E-state index in [1.807, 2.05) is 19.1 Å². The lowest BCUT2D eigenvalue weighted by molar-refractivity contribution is 0.165. The number of nitrogens with zero attached hydrogens (tertiary/aromatic N) is 1. The van der Waals surface area contributed by atoms with Crippen molar-refractivity contribution in [3.05, 3.63) is 29.6 Å². The van der Waals surface area contributed by atoms with E-state index in [1.54, 1.807) is 6.20 Å². The Bertz CT molecular complexity index is 233. The summed E-state index contributed by atoms with van der Waals surface area (Å²) in [5, 5.41) is 9.47. The second-order valence-corrected chi connectivity index (χ2v) is 2.85. The van der Waals surface area contributed by atoms with Gasteiger partial charge in [0.25, 0.3) is 0 Å². The molecule has 0 bridgehead atoms. The Morgan fingerprint density at radius 3 is 2.83 bits per heavy atom. The average Bonchev–Trinajstić information content (AvgIpc) is 2.06. The Balaban J connectivity index is 2.68. The van der Waals surface area contributed by atoms with Gasteiger partial charge in [0, 0.05) is 6.20 Å². The summed E-state index contributed by atoms with van der Waals surface area (Å²) in [5.74, 6) is 0. The molecular formula is C9H14N2O. The molecule has 1 atom stereocenters. The molecule has 0 radical (unpaired) electrons. The molecule has 0 spiro atoms. The molecule has 12 heavy (non-hydrogen) atoms. The van der Waals surface area contributed by atoms with E-state index < -0.39 is 6.10 Å². The first-order valence-electron chi connectivity index (χ1n) is 4.04. The molecule has 1 rings (SSSR count). The number of hydrogen-bond donors (Lipinski definition) is 2. The summed E-state index contributed by atoms with van der Waals surface area (Å²) in [7, 11) is 0. The van der Waals surface area contributed by atoms with E-state index in [9.17, 15) is 5.11 Å². The zero-order valence-electron chi connectivity index (χ0n) is 7.20. The molecule has 0 aliphatic carbocycles. The van der Waals surface area contributed by atoms with Crippen LogP contribution in [0.2, 0.25) is 0 Å². The molecule has 0 aliphatic heterocycles. The maximum Gasteiger partial charge on any atom is 0.0971 e. The lowest BCUT2D eigenvalue weighted by Crippen LogP contribution is -2.07. The standard InChI is InChI=1S/C9H14N2O/c1-7-2-3-8(11-6-7)9(12)4-5-10/h2-3,6,9,12H,4-5,10H2,1H3/t9-/m0/s1. The van der Waals surface area contributed by atoms with Crippen LogP contribution in [0.3, 0.4) is 0 Å². The van der Waals surface area contributed by atoms with Crippen molar-refractivity contribution in [2.75, 3.05) is 6.54 Å². The largest absolute Gasteiger partial charge is 0.387 e. The minimum Gasteiger partial charge on any atom is -0.387 e. The monoisotopic (exact) mass is 166 g/mol. The molecule has 1 aromatic rings. The number of rotatable bonds is 3. The normalized spacial score (nSPS) is 12.9. The second kappa shape index (κ2) is 4.18. The number of aliphatic hydroxyl groups is 1. The molecule has 0 saturated carbocycles. The number of pyridine rings is 1.